The Labute approximate surface area is 185 Å². The molecule has 1 saturated carbocycles. The summed E-state index contributed by atoms with van der Waals surface area (Å²) in [6.07, 6.45) is 10.3. The molecule has 2 aromatic carbocycles. The molecule has 0 unspecified atom stereocenters. The number of rotatable bonds is 9. The number of pyridine rings is 1. The third kappa shape index (κ3) is 6.27. The molecule has 0 radical (unpaired) electrons. The van der Waals surface area contributed by atoms with Crippen LogP contribution in [-0.4, -0.2) is 17.4 Å². The van der Waals surface area contributed by atoms with E-state index in [2.05, 4.69) is 47.4 Å². The van der Waals surface area contributed by atoms with Crippen LogP contribution in [0.1, 0.15) is 44.1 Å². The van der Waals surface area contributed by atoms with Crippen molar-refractivity contribution in [2.45, 2.75) is 44.9 Å². The van der Waals surface area contributed by atoms with Gasteiger partial charge in [0, 0.05) is 30.8 Å². The second kappa shape index (κ2) is 10.9. The van der Waals surface area contributed by atoms with E-state index in [1.165, 1.54) is 5.56 Å². The van der Waals surface area contributed by atoms with Gasteiger partial charge in [0.1, 0.15) is 11.5 Å². The number of ketones is 1. The Morgan fingerprint density at radius 1 is 0.871 bits per heavy atom. The maximum Gasteiger partial charge on any atom is 0.133 e. The topological polar surface area (TPSA) is 39.2 Å². The number of nitrogens with zero attached hydrogens (tertiary/aromatic N) is 1. The molecule has 0 aliphatic heterocycles. The van der Waals surface area contributed by atoms with E-state index >= 15 is 0 Å². The molecule has 31 heavy (non-hydrogen) atoms. The van der Waals surface area contributed by atoms with E-state index in [0.29, 0.717) is 24.0 Å². The monoisotopic (exact) mass is 413 g/mol. The number of hydrogen-bond acceptors (Lipinski definition) is 3. The van der Waals surface area contributed by atoms with E-state index in [4.69, 9.17) is 4.74 Å². The summed E-state index contributed by atoms with van der Waals surface area (Å²) in [5.41, 5.74) is 3.48. The normalized spacial score (nSPS) is 18.5. The molecule has 0 bridgehead atoms. The summed E-state index contributed by atoms with van der Waals surface area (Å²) in [4.78, 5) is 16.5. The summed E-state index contributed by atoms with van der Waals surface area (Å²) in [7, 11) is 0. The smallest absolute Gasteiger partial charge is 0.133 e. The quantitative estimate of drug-likeness (QED) is 0.400. The summed E-state index contributed by atoms with van der Waals surface area (Å²) in [6, 6.07) is 22.7. The van der Waals surface area contributed by atoms with Crippen LogP contribution in [0.4, 0.5) is 0 Å². The molecule has 4 rings (SSSR count). The lowest BCUT2D eigenvalue weighted by Crippen LogP contribution is -2.22. The van der Waals surface area contributed by atoms with Crippen LogP contribution < -0.4 is 4.74 Å². The third-order valence-corrected chi connectivity index (χ3v) is 6.34. The average Bonchev–Trinajstić information content (AvgIpc) is 2.84. The van der Waals surface area contributed by atoms with Gasteiger partial charge >= 0.3 is 0 Å². The molecule has 0 spiro atoms. The first-order chi connectivity index (χ1) is 15.3. The number of aryl methyl sites for hydroxylation is 1. The van der Waals surface area contributed by atoms with Gasteiger partial charge in [-0.05, 0) is 67.2 Å². The van der Waals surface area contributed by atoms with Gasteiger partial charge in [-0.25, -0.2) is 0 Å². The predicted molar refractivity (Wildman–Crippen MR) is 125 cm³/mol. The number of carbonyl (C=O) groups is 1. The van der Waals surface area contributed by atoms with Crippen LogP contribution in [0.25, 0.3) is 11.1 Å². The van der Waals surface area contributed by atoms with Crippen molar-refractivity contribution in [3.05, 3.63) is 84.7 Å². The van der Waals surface area contributed by atoms with Gasteiger partial charge in [-0.2, -0.15) is 0 Å². The fourth-order valence-corrected chi connectivity index (χ4v) is 4.51. The molecule has 3 heteroatoms. The lowest BCUT2D eigenvalue weighted by atomic mass is 9.80. The first kappa shape index (κ1) is 21.3. The maximum atomic E-state index is 12.4. The zero-order valence-corrected chi connectivity index (χ0v) is 18.1. The minimum Gasteiger partial charge on any atom is -0.493 e. The Balaban J connectivity index is 1.21. The van der Waals surface area contributed by atoms with Crippen molar-refractivity contribution in [1.29, 1.82) is 0 Å². The summed E-state index contributed by atoms with van der Waals surface area (Å²) < 4.78 is 6.26. The van der Waals surface area contributed by atoms with Crippen molar-refractivity contribution in [2.24, 2.45) is 11.8 Å². The van der Waals surface area contributed by atoms with E-state index in [1.807, 2.05) is 30.5 Å². The molecule has 160 valence electrons. The number of benzene rings is 2. The van der Waals surface area contributed by atoms with Gasteiger partial charge in [-0.1, -0.05) is 54.6 Å². The molecule has 3 nitrogen and oxygen atoms in total. The van der Waals surface area contributed by atoms with Gasteiger partial charge in [0.15, 0.2) is 0 Å². The lowest BCUT2D eigenvalue weighted by molar-refractivity contribution is -0.120. The standard InChI is InChI=1S/C28H31NO2/c30-26(17-16-23-7-6-18-29-20-23)19-22-12-14-24(15-13-22)21-31-28-11-5-4-10-27(28)25-8-2-1-3-9-25/h1-11,18,20,22,24H,12-17,19,21H2. The molecule has 1 aliphatic carbocycles. The van der Waals surface area contributed by atoms with Crippen LogP contribution in [0.5, 0.6) is 5.75 Å². The fourth-order valence-electron chi connectivity index (χ4n) is 4.51. The molecule has 1 fully saturated rings. The fraction of sp³-hybridized carbons (Fsp3) is 0.357. The van der Waals surface area contributed by atoms with Crippen molar-refractivity contribution in [3.8, 4) is 16.9 Å². The van der Waals surface area contributed by atoms with Crippen molar-refractivity contribution in [3.63, 3.8) is 0 Å². The summed E-state index contributed by atoms with van der Waals surface area (Å²) in [5.74, 6) is 2.46. The van der Waals surface area contributed by atoms with Gasteiger partial charge in [0.25, 0.3) is 0 Å². The summed E-state index contributed by atoms with van der Waals surface area (Å²) in [5, 5.41) is 0. The Hall–Kier alpha value is -2.94. The number of ether oxygens (including phenoxy) is 1. The summed E-state index contributed by atoms with van der Waals surface area (Å²) in [6.45, 7) is 0.755. The zero-order chi connectivity index (χ0) is 21.3. The Morgan fingerprint density at radius 3 is 2.39 bits per heavy atom. The molecule has 0 atom stereocenters. The molecule has 1 heterocycles. The van der Waals surface area contributed by atoms with Gasteiger partial charge in [-0.3, -0.25) is 9.78 Å². The maximum absolute atomic E-state index is 12.4. The van der Waals surface area contributed by atoms with Gasteiger partial charge in [-0.15, -0.1) is 0 Å². The lowest BCUT2D eigenvalue weighted by Gasteiger charge is -2.28. The minimum atomic E-state index is 0.389. The van der Waals surface area contributed by atoms with Crippen molar-refractivity contribution in [2.75, 3.05) is 6.61 Å². The number of hydrogen-bond donors (Lipinski definition) is 0. The Bertz CT molecular complexity index is 947. The highest BCUT2D eigenvalue weighted by molar-refractivity contribution is 5.78. The van der Waals surface area contributed by atoms with Crippen molar-refractivity contribution in [1.82, 2.24) is 4.98 Å². The highest BCUT2D eigenvalue weighted by Gasteiger charge is 2.23. The Kier molecular flexibility index (Phi) is 7.49. The average molecular weight is 414 g/mol. The molecule has 0 N–H and O–H groups in total. The van der Waals surface area contributed by atoms with E-state index < -0.39 is 0 Å². The minimum absolute atomic E-state index is 0.389. The molecular formula is C28H31NO2. The molecule has 1 aromatic heterocycles. The third-order valence-electron chi connectivity index (χ3n) is 6.34. The molecule has 3 aromatic rings. The zero-order valence-electron chi connectivity index (χ0n) is 18.1. The second-order valence-electron chi connectivity index (χ2n) is 8.66. The highest BCUT2D eigenvalue weighted by atomic mass is 16.5. The second-order valence-corrected chi connectivity index (χ2v) is 8.66. The van der Waals surface area contributed by atoms with Crippen LogP contribution in [-0.2, 0) is 11.2 Å². The van der Waals surface area contributed by atoms with Crippen molar-refractivity contribution < 1.29 is 9.53 Å². The first-order valence-corrected chi connectivity index (χ1v) is 11.5. The highest BCUT2D eigenvalue weighted by Crippen LogP contribution is 2.34. The molecular weight excluding hydrogens is 382 g/mol. The largest absolute Gasteiger partial charge is 0.493 e. The number of carbonyl (C=O) groups excluding carboxylic acids is 1. The summed E-state index contributed by atoms with van der Waals surface area (Å²) >= 11 is 0. The van der Waals surface area contributed by atoms with Crippen LogP contribution >= 0.6 is 0 Å². The van der Waals surface area contributed by atoms with E-state index in [1.54, 1.807) is 6.20 Å². The number of Topliss-reactive ketones (excluding diaryl/α,β-unsaturated/α-hetero) is 1. The Morgan fingerprint density at radius 2 is 1.61 bits per heavy atom. The van der Waals surface area contributed by atoms with Crippen LogP contribution in [0.2, 0.25) is 0 Å². The number of aromatic nitrogens is 1. The van der Waals surface area contributed by atoms with E-state index in [0.717, 1.165) is 62.0 Å². The molecule has 1 aliphatic rings. The van der Waals surface area contributed by atoms with E-state index in [9.17, 15) is 4.79 Å². The SMILES string of the molecule is O=C(CCc1cccnc1)CC1CCC(COc2ccccc2-c2ccccc2)CC1. The predicted octanol–water partition coefficient (Wildman–Crippen LogP) is 6.53. The van der Waals surface area contributed by atoms with Crippen LogP contribution in [0, 0.1) is 11.8 Å². The molecule has 0 saturated heterocycles. The van der Waals surface area contributed by atoms with Gasteiger partial charge in [0.2, 0.25) is 0 Å². The first-order valence-electron chi connectivity index (χ1n) is 11.5. The molecule has 0 amide bonds. The van der Waals surface area contributed by atoms with E-state index in [-0.39, 0.29) is 0 Å². The number of para-hydroxylation sites is 1. The van der Waals surface area contributed by atoms with Crippen molar-refractivity contribution >= 4 is 5.78 Å². The van der Waals surface area contributed by atoms with Gasteiger partial charge in [0.05, 0.1) is 6.61 Å². The van der Waals surface area contributed by atoms with Crippen LogP contribution in [0.15, 0.2) is 79.1 Å². The van der Waals surface area contributed by atoms with Gasteiger partial charge < -0.3 is 4.74 Å². The van der Waals surface area contributed by atoms with Crippen LogP contribution in [0.3, 0.4) is 0 Å².